The molecule has 1 aromatic carbocycles. The Labute approximate surface area is 93.6 Å². The van der Waals surface area contributed by atoms with Crippen LogP contribution in [0, 0.1) is 5.92 Å². The minimum atomic E-state index is 0.191. The summed E-state index contributed by atoms with van der Waals surface area (Å²) in [6.45, 7) is 0. The maximum Gasteiger partial charge on any atom is 0.224 e. The van der Waals surface area contributed by atoms with E-state index >= 15 is 0 Å². The zero-order chi connectivity index (χ0) is 10.4. The van der Waals surface area contributed by atoms with Crippen molar-refractivity contribution in [1.29, 1.82) is 0 Å². The lowest BCUT2D eigenvalue weighted by Gasteiger charge is -2.21. The largest absolute Gasteiger partial charge is 0.353 e. The Morgan fingerprint density at radius 3 is 2.40 bits per heavy atom. The second kappa shape index (κ2) is 3.24. The molecular formula is C12H12ClNO. The molecule has 1 aliphatic carbocycles. The standard InChI is InChI=1S/C12H12ClNO/c13-8-3-1-7(2-4-8)10-5-9-6-11(10)12(15)14-9/h1-4,9-11H,5-6H2,(H,14,15). The Balaban J connectivity index is 1.90. The van der Waals surface area contributed by atoms with Crippen molar-refractivity contribution in [2.45, 2.75) is 24.8 Å². The monoisotopic (exact) mass is 221 g/mol. The predicted octanol–water partition coefficient (Wildman–Crippen LogP) is 2.33. The van der Waals surface area contributed by atoms with Gasteiger partial charge in [0.15, 0.2) is 0 Å². The summed E-state index contributed by atoms with van der Waals surface area (Å²) in [5.41, 5.74) is 1.25. The van der Waals surface area contributed by atoms with Crippen molar-refractivity contribution < 1.29 is 4.79 Å². The first-order chi connectivity index (χ1) is 7.24. The molecule has 15 heavy (non-hydrogen) atoms. The quantitative estimate of drug-likeness (QED) is 0.775. The second-order valence-electron chi connectivity index (χ2n) is 4.44. The number of piperidine rings is 1. The molecule has 2 bridgehead atoms. The van der Waals surface area contributed by atoms with Gasteiger partial charge in [0, 0.05) is 17.0 Å². The highest BCUT2D eigenvalue weighted by atomic mass is 35.5. The van der Waals surface area contributed by atoms with Gasteiger partial charge in [0.1, 0.15) is 0 Å². The van der Waals surface area contributed by atoms with E-state index in [1.54, 1.807) is 0 Å². The first kappa shape index (κ1) is 9.22. The van der Waals surface area contributed by atoms with Gasteiger partial charge in [-0.15, -0.1) is 0 Å². The van der Waals surface area contributed by atoms with Crippen molar-refractivity contribution in [3.05, 3.63) is 34.9 Å². The molecule has 2 nitrogen and oxygen atoms in total. The van der Waals surface area contributed by atoms with Crippen molar-refractivity contribution in [3.63, 3.8) is 0 Å². The molecule has 1 aliphatic heterocycles. The summed E-state index contributed by atoms with van der Waals surface area (Å²) in [6.07, 6.45) is 2.09. The average Bonchev–Trinajstić information content (AvgIpc) is 2.77. The number of fused-ring (bicyclic) bond motifs is 2. The molecule has 3 unspecified atom stereocenters. The highest BCUT2D eigenvalue weighted by Crippen LogP contribution is 2.43. The molecule has 1 saturated carbocycles. The van der Waals surface area contributed by atoms with Crippen LogP contribution in [0.5, 0.6) is 0 Å². The van der Waals surface area contributed by atoms with E-state index in [-0.39, 0.29) is 11.8 Å². The summed E-state index contributed by atoms with van der Waals surface area (Å²) in [5, 5.41) is 3.76. The lowest BCUT2D eigenvalue weighted by molar-refractivity contribution is -0.124. The molecule has 3 rings (SSSR count). The summed E-state index contributed by atoms with van der Waals surface area (Å²) < 4.78 is 0. The highest BCUT2D eigenvalue weighted by molar-refractivity contribution is 6.30. The minimum Gasteiger partial charge on any atom is -0.353 e. The number of benzene rings is 1. The summed E-state index contributed by atoms with van der Waals surface area (Å²) in [4.78, 5) is 11.5. The SMILES string of the molecule is O=C1NC2CC1C(c1ccc(Cl)cc1)C2. The van der Waals surface area contributed by atoms with Crippen LogP contribution in [0.2, 0.25) is 5.02 Å². The van der Waals surface area contributed by atoms with Crippen LogP contribution in [0.25, 0.3) is 0 Å². The third-order valence-corrected chi connectivity index (χ3v) is 3.80. The number of nitrogens with one attached hydrogen (secondary N) is 1. The zero-order valence-electron chi connectivity index (χ0n) is 8.24. The molecule has 0 aromatic heterocycles. The molecule has 1 amide bonds. The summed E-state index contributed by atoms with van der Waals surface area (Å²) in [6, 6.07) is 8.30. The van der Waals surface area contributed by atoms with Gasteiger partial charge in [-0.3, -0.25) is 4.79 Å². The van der Waals surface area contributed by atoms with Crippen molar-refractivity contribution in [3.8, 4) is 0 Å². The topological polar surface area (TPSA) is 29.1 Å². The molecular weight excluding hydrogens is 210 g/mol. The van der Waals surface area contributed by atoms with E-state index in [0.29, 0.717) is 12.0 Å². The third-order valence-electron chi connectivity index (χ3n) is 3.54. The summed E-state index contributed by atoms with van der Waals surface area (Å²) in [7, 11) is 0. The molecule has 2 fully saturated rings. The number of carbonyl (C=O) groups excluding carboxylic acids is 1. The van der Waals surface area contributed by atoms with Gasteiger partial charge < -0.3 is 5.32 Å². The molecule has 2 aliphatic rings. The van der Waals surface area contributed by atoms with Gasteiger partial charge in [-0.1, -0.05) is 23.7 Å². The van der Waals surface area contributed by atoms with E-state index in [1.165, 1.54) is 5.56 Å². The van der Waals surface area contributed by atoms with Crippen LogP contribution in [0.3, 0.4) is 0 Å². The first-order valence-corrected chi connectivity index (χ1v) is 5.67. The molecule has 0 radical (unpaired) electrons. The predicted molar refractivity (Wildman–Crippen MR) is 58.8 cm³/mol. The summed E-state index contributed by atoms with van der Waals surface area (Å²) in [5.74, 6) is 0.823. The molecule has 1 aromatic rings. The van der Waals surface area contributed by atoms with E-state index in [2.05, 4.69) is 5.32 Å². The Morgan fingerprint density at radius 1 is 1.13 bits per heavy atom. The number of amides is 1. The first-order valence-electron chi connectivity index (χ1n) is 5.30. The van der Waals surface area contributed by atoms with Crippen molar-refractivity contribution in [2.75, 3.05) is 0 Å². The Kier molecular flexibility index (Phi) is 1.99. The Bertz CT molecular complexity index is 401. The Morgan fingerprint density at radius 2 is 1.80 bits per heavy atom. The molecule has 1 N–H and O–H groups in total. The lowest BCUT2D eigenvalue weighted by Crippen LogP contribution is -2.34. The normalized spacial score (nSPS) is 33.1. The molecule has 0 spiro atoms. The van der Waals surface area contributed by atoms with Crippen LogP contribution in [-0.4, -0.2) is 11.9 Å². The summed E-state index contributed by atoms with van der Waals surface area (Å²) >= 11 is 5.85. The maximum absolute atomic E-state index is 11.5. The minimum absolute atomic E-state index is 0.191. The number of hydrogen-bond donors (Lipinski definition) is 1. The van der Waals surface area contributed by atoms with E-state index in [4.69, 9.17) is 11.6 Å². The highest BCUT2D eigenvalue weighted by Gasteiger charge is 2.45. The maximum atomic E-state index is 11.5. The van der Waals surface area contributed by atoms with Gasteiger partial charge >= 0.3 is 0 Å². The second-order valence-corrected chi connectivity index (χ2v) is 4.88. The van der Waals surface area contributed by atoms with Crippen LogP contribution in [0.1, 0.15) is 24.3 Å². The van der Waals surface area contributed by atoms with Crippen LogP contribution in [0.15, 0.2) is 24.3 Å². The van der Waals surface area contributed by atoms with Gasteiger partial charge in [-0.25, -0.2) is 0 Å². The number of halogens is 1. The fourth-order valence-corrected chi connectivity index (χ4v) is 2.96. The van der Waals surface area contributed by atoms with Gasteiger partial charge in [0.05, 0.1) is 0 Å². The van der Waals surface area contributed by atoms with Crippen molar-refractivity contribution >= 4 is 17.5 Å². The van der Waals surface area contributed by atoms with Crippen LogP contribution >= 0.6 is 11.6 Å². The van der Waals surface area contributed by atoms with Gasteiger partial charge in [0.2, 0.25) is 5.91 Å². The number of carbonyl (C=O) groups is 1. The fourth-order valence-electron chi connectivity index (χ4n) is 2.83. The number of rotatable bonds is 1. The van der Waals surface area contributed by atoms with E-state index in [0.717, 1.165) is 17.9 Å². The number of hydrogen-bond acceptors (Lipinski definition) is 1. The van der Waals surface area contributed by atoms with Crippen molar-refractivity contribution in [1.82, 2.24) is 5.32 Å². The third kappa shape index (κ3) is 1.44. The van der Waals surface area contributed by atoms with E-state index in [9.17, 15) is 4.79 Å². The van der Waals surface area contributed by atoms with Gasteiger partial charge in [0.25, 0.3) is 0 Å². The molecule has 1 saturated heterocycles. The Hall–Kier alpha value is -1.02. The smallest absolute Gasteiger partial charge is 0.224 e. The fraction of sp³-hybridized carbons (Fsp3) is 0.417. The van der Waals surface area contributed by atoms with E-state index < -0.39 is 0 Å². The molecule has 3 atom stereocenters. The van der Waals surface area contributed by atoms with Gasteiger partial charge in [-0.2, -0.15) is 0 Å². The van der Waals surface area contributed by atoms with Crippen LogP contribution in [-0.2, 0) is 4.79 Å². The molecule has 1 heterocycles. The van der Waals surface area contributed by atoms with Crippen molar-refractivity contribution in [2.24, 2.45) is 5.92 Å². The van der Waals surface area contributed by atoms with Gasteiger partial charge in [-0.05, 0) is 36.5 Å². The molecule has 3 heteroatoms. The van der Waals surface area contributed by atoms with Crippen LogP contribution < -0.4 is 5.32 Å². The lowest BCUT2D eigenvalue weighted by atomic mass is 9.87. The van der Waals surface area contributed by atoms with E-state index in [1.807, 2.05) is 24.3 Å². The zero-order valence-corrected chi connectivity index (χ0v) is 9.00. The average molecular weight is 222 g/mol. The molecule has 78 valence electrons. The van der Waals surface area contributed by atoms with Crippen LogP contribution in [0.4, 0.5) is 0 Å².